The molecule has 0 aliphatic rings. The van der Waals surface area contributed by atoms with E-state index in [1.54, 1.807) is 6.07 Å². The minimum absolute atomic E-state index is 0.0859. The number of aliphatic hydroxyl groups is 1. The van der Waals surface area contributed by atoms with E-state index >= 15 is 0 Å². The third-order valence-corrected chi connectivity index (χ3v) is 2.72. The predicted molar refractivity (Wildman–Crippen MR) is 71.1 cm³/mol. The Kier molecular flexibility index (Phi) is 4.10. The number of rotatable bonds is 5. The van der Waals surface area contributed by atoms with Crippen molar-refractivity contribution in [3.8, 4) is 0 Å². The van der Waals surface area contributed by atoms with Gasteiger partial charge in [-0.05, 0) is 11.6 Å². The molecule has 0 spiro atoms. The maximum Gasteiger partial charge on any atom is 0.339 e. The van der Waals surface area contributed by atoms with Crippen LogP contribution in [0.3, 0.4) is 0 Å². The fourth-order valence-corrected chi connectivity index (χ4v) is 1.72. The fraction of sp³-hybridized carbons (Fsp3) is 0.143. The zero-order valence-electron chi connectivity index (χ0n) is 10.2. The average Bonchev–Trinajstić information content (AvgIpc) is 2.46. The number of carboxylic acids is 1. The molecule has 0 bridgehead atoms. The first-order valence-electron chi connectivity index (χ1n) is 5.82. The first-order valence-corrected chi connectivity index (χ1v) is 5.82. The number of nitrogens with one attached hydrogen (secondary N) is 1. The number of aliphatic hydroxyl groups excluding tert-OH is 1. The Bertz CT molecular complexity index is 558. The van der Waals surface area contributed by atoms with E-state index in [1.165, 1.54) is 12.4 Å². The fourth-order valence-electron chi connectivity index (χ4n) is 1.72. The van der Waals surface area contributed by atoms with Gasteiger partial charge in [0, 0.05) is 18.9 Å². The highest BCUT2D eigenvalue weighted by Crippen LogP contribution is 2.17. The number of aromatic nitrogens is 1. The smallest absolute Gasteiger partial charge is 0.339 e. The van der Waals surface area contributed by atoms with Gasteiger partial charge in [-0.25, -0.2) is 4.79 Å². The van der Waals surface area contributed by atoms with E-state index < -0.39 is 12.1 Å². The van der Waals surface area contributed by atoms with Gasteiger partial charge in [0.25, 0.3) is 0 Å². The molecule has 0 aliphatic carbocycles. The Morgan fingerprint density at radius 2 is 2.00 bits per heavy atom. The summed E-state index contributed by atoms with van der Waals surface area (Å²) in [5.41, 5.74) is 1.31. The van der Waals surface area contributed by atoms with E-state index in [0.717, 1.165) is 5.56 Å². The second-order valence-corrected chi connectivity index (χ2v) is 4.03. The molecule has 2 aromatic rings. The standard InChI is InChI=1S/C14H14N2O3/c17-13(10-4-2-1-3-5-10)9-16-12-6-7-15-8-11(12)14(18)19/h1-8,13,17H,9H2,(H,15,16)(H,18,19)/t13-/m1/s1. The van der Waals surface area contributed by atoms with Crippen LogP contribution >= 0.6 is 0 Å². The van der Waals surface area contributed by atoms with Crippen molar-refractivity contribution in [3.05, 3.63) is 59.9 Å². The Balaban J connectivity index is 2.05. The zero-order valence-corrected chi connectivity index (χ0v) is 10.2. The largest absolute Gasteiger partial charge is 0.478 e. The molecule has 0 saturated heterocycles. The van der Waals surface area contributed by atoms with Gasteiger partial charge in [-0.2, -0.15) is 0 Å². The van der Waals surface area contributed by atoms with Gasteiger partial charge in [-0.15, -0.1) is 0 Å². The molecule has 0 radical (unpaired) electrons. The van der Waals surface area contributed by atoms with Crippen LogP contribution in [0.2, 0.25) is 0 Å². The maximum absolute atomic E-state index is 11.0. The Morgan fingerprint density at radius 1 is 1.26 bits per heavy atom. The summed E-state index contributed by atoms with van der Waals surface area (Å²) >= 11 is 0. The Labute approximate surface area is 110 Å². The van der Waals surface area contributed by atoms with E-state index in [2.05, 4.69) is 10.3 Å². The second-order valence-electron chi connectivity index (χ2n) is 4.03. The van der Waals surface area contributed by atoms with Crippen LogP contribution < -0.4 is 5.32 Å². The summed E-state index contributed by atoms with van der Waals surface area (Å²) in [6.45, 7) is 0.230. The normalized spacial score (nSPS) is 11.8. The van der Waals surface area contributed by atoms with Crippen molar-refractivity contribution in [2.75, 3.05) is 11.9 Å². The third-order valence-electron chi connectivity index (χ3n) is 2.72. The lowest BCUT2D eigenvalue weighted by Gasteiger charge is -2.14. The van der Waals surface area contributed by atoms with Crippen molar-refractivity contribution in [2.24, 2.45) is 0 Å². The maximum atomic E-state index is 11.0. The van der Waals surface area contributed by atoms with Gasteiger partial charge in [0.15, 0.2) is 0 Å². The number of anilines is 1. The number of benzene rings is 1. The van der Waals surface area contributed by atoms with Crippen molar-refractivity contribution in [1.29, 1.82) is 0 Å². The molecule has 1 aromatic carbocycles. The van der Waals surface area contributed by atoms with Gasteiger partial charge in [0.2, 0.25) is 0 Å². The molecule has 1 atom stereocenters. The number of pyridine rings is 1. The first-order chi connectivity index (χ1) is 9.18. The van der Waals surface area contributed by atoms with Gasteiger partial charge in [-0.3, -0.25) is 4.98 Å². The van der Waals surface area contributed by atoms with Gasteiger partial charge in [-0.1, -0.05) is 30.3 Å². The van der Waals surface area contributed by atoms with Gasteiger partial charge in [0.05, 0.1) is 11.8 Å². The highest BCUT2D eigenvalue weighted by Gasteiger charge is 2.11. The minimum atomic E-state index is -1.05. The second kappa shape index (κ2) is 5.97. The molecule has 2 rings (SSSR count). The monoisotopic (exact) mass is 258 g/mol. The lowest BCUT2D eigenvalue weighted by molar-refractivity contribution is 0.0697. The number of carboxylic acid groups (broad SMARTS) is 1. The lowest BCUT2D eigenvalue weighted by Crippen LogP contribution is -2.14. The Hall–Kier alpha value is -2.40. The van der Waals surface area contributed by atoms with Crippen LogP contribution in [0.1, 0.15) is 22.0 Å². The molecule has 98 valence electrons. The van der Waals surface area contributed by atoms with Crippen LogP contribution in [-0.2, 0) is 0 Å². The summed E-state index contributed by atoms with van der Waals surface area (Å²) in [5.74, 6) is -1.05. The summed E-state index contributed by atoms with van der Waals surface area (Å²) in [4.78, 5) is 14.8. The SMILES string of the molecule is O=C(O)c1cnccc1NC[C@@H](O)c1ccccc1. The van der Waals surface area contributed by atoms with Crippen molar-refractivity contribution >= 4 is 11.7 Å². The number of hydrogen-bond acceptors (Lipinski definition) is 4. The summed E-state index contributed by atoms with van der Waals surface area (Å²) < 4.78 is 0. The Morgan fingerprint density at radius 3 is 2.68 bits per heavy atom. The van der Waals surface area contributed by atoms with Crippen LogP contribution in [0.5, 0.6) is 0 Å². The summed E-state index contributed by atoms with van der Waals surface area (Å²) in [5, 5.41) is 21.9. The number of nitrogens with zero attached hydrogens (tertiary/aromatic N) is 1. The number of aromatic carboxylic acids is 1. The molecular formula is C14H14N2O3. The molecule has 1 heterocycles. The summed E-state index contributed by atoms with van der Waals surface area (Å²) in [7, 11) is 0. The predicted octanol–water partition coefficient (Wildman–Crippen LogP) is 1.93. The summed E-state index contributed by atoms with van der Waals surface area (Å²) in [6, 6.07) is 10.8. The molecule has 5 nitrogen and oxygen atoms in total. The van der Waals surface area contributed by atoms with Crippen LogP contribution in [0, 0.1) is 0 Å². The van der Waals surface area contributed by atoms with Gasteiger partial charge < -0.3 is 15.5 Å². The van der Waals surface area contributed by atoms with Crippen molar-refractivity contribution in [2.45, 2.75) is 6.10 Å². The summed E-state index contributed by atoms with van der Waals surface area (Å²) in [6.07, 6.45) is 2.08. The molecule has 0 aliphatic heterocycles. The lowest BCUT2D eigenvalue weighted by atomic mass is 10.1. The minimum Gasteiger partial charge on any atom is -0.478 e. The number of hydrogen-bond donors (Lipinski definition) is 3. The topological polar surface area (TPSA) is 82.5 Å². The van der Waals surface area contributed by atoms with Crippen molar-refractivity contribution < 1.29 is 15.0 Å². The van der Waals surface area contributed by atoms with Crippen molar-refractivity contribution in [3.63, 3.8) is 0 Å². The molecule has 0 fully saturated rings. The molecule has 0 unspecified atom stereocenters. The highest BCUT2D eigenvalue weighted by atomic mass is 16.4. The third kappa shape index (κ3) is 3.29. The first kappa shape index (κ1) is 13.0. The zero-order chi connectivity index (χ0) is 13.7. The molecule has 3 N–H and O–H groups in total. The van der Waals surface area contributed by atoms with E-state index in [0.29, 0.717) is 5.69 Å². The van der Waals surface area contributed by atoms with E-state index in [9.17, 15) is 9.90 Å². The van der Waals surface area contributed by atoms with Crippen LogP contribution in [0.15, 0.2) is 48.8 Å². The van der Waals surface area contributed by atoms with Gasteiger partial charge >= 0.3 is 5.97 Å². The highest BCUT2D eigenvalue weighted by molar-refractivity contribution is 5.93. The van der Waals surface area contributed by atoms with Crippen molar-refractivity contribution in [1.82, 2.24) is 4.98 Å². The molecular weight excluding hydrogens is 244 g/mol. The quantitative estimate of drug-likeness (QED) is 0.763. The average molecular weight is 258 g/mol. The molecule has 5 heteroatoms. The number of carbonyl (C=O) groups is 1. The molecule has 0 amide bonds. The molecule has 0 saturated carbocycles. The van der Waals surface area contributed by atoms with Gasteiger partial charge in [0.1, 0.15) is 5.56 Å². The van der Waals surface area contributed by atoms with Crippen LogP contribution in [0.25, 0.3) is 0 Å². The van der Waals surface area contributed by atoms with E-state index in [1.807, 2.05) is 30.3 Å². The van der Waals surface area contributed by atoms with E-state index in [4.69, 9.17) is 5.11 Å². The van der Waals surface area contributed by atoms with Crippen LogP contribution in [-0.4, -0.2) is 27.7 Å². The van der Waals surface area contributed by atoms with Crippen LogP contribution in [0.4, 0.5) is 5.69 Å². The molecule has 19 heavy (non-hydrogen) atoms. The molecule has 1 aromatic heterocycles. The van der Waals surface area contributed by atoms with E-state index in [-0.39, 0.29) is 12.1 Å².